The minimum atomic E-state index is 1.10. The lowest BCUT2D eigenvalue weighted by atomic mass is 9.94. The monoisotopic (exact) mass is 206 g/mol. The van der Waals surface area contributed by atoms with Crippen molar-refractivity contribution in [1.29, 1.82) is 0 Å². The van der Waals surface area contributed by atoms with E-state index in [0.717, 1.165) is 16.7 Å². The van der Waals surface area contributed by atoms with Crippen molar-refractivity contribution in [3.8, 4) is 0 Å². The molecule has 0 heterocycles. The molecule has 0 amide bonds. The van der Waals surface area contributed by atoms with Crippen LogP contribution >= 0.6 is 0 Å². The van der Waals surface area contributed by atoms with E-state index < -0.39 is 0 Å². The van der Waals surface area contributed by atoms with Gasteiger partial charge in [0.05, 0.1) is 0 Å². The number of fused-ring (bicyclic) bond motifs is 1. The molecular weight excluding hydrogens is 192 g/mol. The fraction of sp³-hybridized carbons (Fsp3) is 0. The van der Waals surface area contributed by atoms with E-state index in [2.05, 4.69) is 37.9 Å². The first-order valence-corrected chi connectivity index (χ1v) is 5.25. The summed E-state index contributed by atoms with van der Waals surface area (Å²) in [5.74, 6) is 0. The number of rotatable bonds is 3. The SMILES string of the molecule is C=Cc1cc(C=C)c2ccccc2c1C=C. The van der Waals surface area contributed by atoms with Gasteiger partial charge in [-0.3, -0.25) is 0 Å². The van der Waals surface area contributed by atoms with Gasteiger partial charge in [-0.05, 0) is 33.5 Å². The summed E-state index contributed by atoms with van der Waals surface area (Å²) < 4.78 is 0. The molecule has 0 heteroatoms. The maximum Gasteiger partial charge on any atom is -0.00996 e. The number of hydrogen-bond donors (Lipinski definition) is 0. The molecule has 0 aromatic heterocycles. The first-order chi connectivity index (χ1) is 7.81. The molecule has 2 aromatic rings. The maximum atomic E-state index is 3.87. The maximum absolute atomic E-state index is 3.87. The molecule has 2 rings (SSSR count). The van der Waals surface area contributed by atoms with E-state index in [-0.39, 0.29) is 0 Å². The number of benzene rings is 2. The lowest BCUT2D eigenvalue weighted by Gasteiger charge is -2.10. The van der Waals surface area contributed by atoms with E-state index >= 15 is 0 Å². The quantitative estimate of drug-likeness (QED) is 0.678. The summed E-state index contributed by atoms with van der Waals surface area (Å²) in [5, 5.41) is 2.41. The van der Waals surface area contributed by atoms with Crippen LogP contribution in [0, 0.1) is 0 Å². The van der Waals surface area contributed by atoms with Gasteiger partial charge in [-0.1, -0.05) is 62.2 Å². The first kappa shape index (κ1) is 10.4. The fourth-order valence-corrected chi connectivity index (χ4v) is 2.01. The van der Waals surface area contributed by atoms with E-state index in [1.807, 2.05) is 30.4 Å². The predicted octanol–water partition coefficient (Wildman–Crippen LogP) is 4.77. The van der Waals surface area contributed by atoms with Crippen molar-refractivity contribution in [3.05, 3.63) is 66.8 Å². The van der Waals surface area contributed by atoms with Gasteiger partial charge in [0.15, 0.2) is 0 Å². The van der Waals surface area contributed by atoms with Crippen LogP contribution < -0.4 is 0 Å². The molecular formula is C16H14. The van der Waals surface area contributed by atoms with Crippen molar-refractivity contribution in [1.82, 2.24) is 0 Å². The predicted molar refractivity (Wildman–Crippen MR) is 74.2 cm³/mol. The highest BCUT2D eigenvalue weighted by atomic mass is 14.1. The Labute approximate surface area is 96.2 Å². The van der Waals surface area contributed by atoms with Gasteiger partial charge in [0.25, 0.3) is 0 Å². The molecule has 0 bridgehead atoms. The van der Waals surface area contributed by atoms with E-state index in [4.69, 9.17) is 0 Å². The van der Waals surface area contributed by atoms with Crippen molar-refractivity contribution >= 4 is 29.0 Å². The summed E-state index contributed by atoms with van der Waals surface area (Å²) in [6, 6.07) is 10.4. The van der Waals surface area contributed by atoms with Crippen LogP contribution in [-0.2, 0) is 0 Å². The molecule has 0 radical (unpaired) electrons. The Bertz CT molecular complexity index is 574. The van der Waals surface area contributed by atoms with Gasteiger partial charge in [0, 0.05) is 0 Å². The van der Waals surface area contributed by atoms with Crippen LogP contribution in [0.25, 0.3) is 29.0 Å². The topological polar surface area (TPSA) is 0 Å². The van der Waals surface area contributed by atoms with Gasteiger partial charge in [-0.2, -0.15) is 0 Å². The molecule has 0 aliphatic carbocycles. The van der Waals surface area contributed by atoms with Crippen molar-refractivity contribution in [2.75, 3.05) is 0 Å². The molecule has 0 fully saturated rings. The zero-order valence-corrected chi connectivity index (χ0v) is 9.24. The molecule has 0 unspecified atom stereocenters. The minimum Gasteiger partial charge on any atom is -0.0984 e. The average Bonchev–Trinajstić information content (AvgIpc) is 2.36. The van der Waals surface area contributed by atoms with Crippen LogP contribution in [0.15, 0.2) is 50.1 Å². The highest BCUT2D eigenvalue weighted by Gasteiger charge is 2.05. The standard InChI is InChI=1S/C16H14/c1-4-12-11-13(5-2)15-9-7-8-10-16(15)14(12)6-3/h4-11H,1-3H2. The van der Waals surface area contributed by atoms with Crippen molar-refractivity contribution in [2.24, 2.45) is 0 Å². The van der Waals surface area contributed by atoms with Crippen LogP contribution in [0.3, 0.4) is 0 Å². The molecule has 0 spiro atoms. The Hall–Kier alpha value is -2.08. The zero-order chi connectivity index (χ0) is 11.5. The average molecular weight is 206 g/mol. The molecule has 0 nitrogen and oxygen atoms in total. The molecule has 0 saturated carbocycles. The summed E-state index contributed by atoms with van der Waals surface area (Å²) in [6.07, 6.45) is 5.62. The van der Waals surface area contributed by atoms with Gasteiger partial charge >= 0.3 is 0 Å². The van der Waals surface area contributed by atoms with Crippen LogP contribution in [0.2, 0.25) is 0 Å². The summed E-state index contributed by atoms with van der Waals surface area (Å²) in [5.41, 5.74) is 3.37. The molecule has 78 valence electrons. The van der Waals surface area contributed by atoms with Crippen molar-refractivity contribution < 1.29 is 0 Å². The Morgan fingerprint density at radius 1 is 0.750 bits per heavy atom. The lowest BCUT2D eigenvalue weighted by molar-refractivity contribution is 1.64. The third kappa shape index (κ3) is 1.49. The molecule has 0 saturated heterocycles. The van der Waals surface area contributed by atoms with E-state index in [1.54, 1.807) is 0 Å². The molecule has 16 heavy (non-hydrogen) atoms. The Morgan fingerprint density at radius 3 is 1.94 bits per heavy atom. The number of hydrogen-bond acceptors (Lipinski definition) is 0. The normalized spacial score (nSPS) is 10.0. The molecule has 0 atom stereocenters. The van der Waals surface area contributed by atoms with Gasteiger partial charge < -0.3 is 0 Å². The van der Waals surface area contributed by atoms with Crippen LogP contribution in [0.1, 0.15) is 16.7 Å². The van der Waals surface area contributed by atoms with Crippen LogP contribution in [-0.4, -0.2) is 0 Å². The van der Waals surface area contributed by atoms with Gasteiger partial charge in [0.1, 0.15) is 0 Å². The highest BCUT2D eigenvalue weighted by molar-refractivity contribution is 5.98. The fourth-order valence-electron chi connectivity index (χ4n) is 2.01. The Kier molecular flexibility index (Phi) is 2.74. The summed E-state index contributed by atoms with van der Waals surface area (Å²) >= 11 is 0. The summed E-state index contributed by atoms with van der Waals surface area (Å²) in [6.45, 7) is 11.6. The second-order valence-corrected chi connectivity index (χ2v) is 3.63. The second kappa shape index (κ2) is 4.19. The van der Waals surface area contributed by atoms with Crippen LogP contribution in [0.5, 0.6) is 0 Å². The molecule has 0 aliphatic rings. The highest BCUT2D eigenvalue weighted by Crippen LogP contribution is 2.28. The van der Waals surface area contributed by atoms with E-state index in [0.29, 0.717) is 0 Å². The Morgan fingerprint density at radius 2 is 1.38 bits per heavy atom. The van der Waals surface area contributed by atoms with Gasteiger partial charge in [0.2, 0.25) is 0 Å². The minimum absolute atomic E-state index is 1.10. The lowest BCUT2D eigenvalue weighted by Crippen LogP contribution is -1.87. The van der Waals surface area contributed by atoms with E-state index in [9.17, 15) is 0 Å². The van der Waals surface area contributed by atoms with Crippen molar-refractivity contribution in [2.45, 2.75) is 0 Å². The summed E-state index contributed by atoms with van der Waals surface area (Å²) in [7, 11) is 0. The smallest absolute Gasteiger partial charge is 0.00996 e. The van der Waals surface area contributed by atoms with E-state index in [1.165, 1.54) is 10.8 Å². The third-order valence-corrected chi connectivity index (χ3v) is 2.79. The molecule has 2 aromatic carbocycles. The molecule has 0 N–H and O–H groups in total. The second-order valence-electron chi connectivity index (χ2n) is 3.63. The first-order valence-electron chi connectivity index (χ1n) is 5.25. The zero-order valence-electron chi connectivity index (χ0n) is 9.24. The van der Waals surface area contributed by atoms with Gasteiger partial charge in [-0.25, -0.2) is 0 Å². The molecule has 0 aliphatic heterocycles. The Balaban J connectivity index is 2.99. The largest absolute Gasteiger partial charge is 0.0984 e. The van der Waals surface area contributed by atoms with Crippen LogP contribution in [0.4, 0.5) is 0 Å². The summed E-state index contributed by atoms with van der Waals surface area (Å²) in [4.78, 5) is 0. The van der Waals surface area contributed by atoms with Gasteiger partial charge in [-0.15, -0.1) is 0 Å². The third-order valence-electron chi connectivity index (χ3n) is 2.79. The van der Waals surface area contributed by atoms with Crippen molar-refractivity contribution in [3.63, 3.8) is 0 Å².